The average Bonchev–Trinajstić information content (AvgIpc) is 1.69. The molecule has 0 saturated heterocycles. The summed E-state index contributed by atoms with van der Waals surface area (Å²) in [6, 6.07) is 0. The predicted octanol–water partition coefficient (Wildman–Crippen LogP) is 1.14. The van der Waals surface area contributed by atoms with Gasteiger partial charge in [0.15, 0.2) is 0 Å². The van der Waals surface area contributed by atoms with Crippen LogP contribution in [0.1, 0.15) is 32.1 Å². The first-order chi connectivity index (χ1) is 3.39. The van der Waals surface area contributed by atoms with Crippen LogP contribution in [0.5, 0.6) is 0 Å². The first-order valence-electron chi connectivity index (χ1n) is 2.91. The maximum absolute atomic E-state index is 10.5. The molecule has 44 valence electrons. The molecule has 0 aromatic heterocycles. The minimum Gasteiger partial charge on any atom is -0.300 e. The van der Waals surface area contributed by atoms with E-state index in [9.17, 15) is 4.79 Å². The van der Waals surface area contributed by atoms with E-state index in [-0.39, 0.29) is 27.3 Å². The van der Waals surface area contributed by atoms with Crippen LogP contribution >= 0.6 is 0 Å². The van der Waals surface area contributed by atoms with Crippen LogP contribution < -0.4 is 0 Å². The molecule has 0 heterocycles. The Bertz CT molecular complexity index is 72.6. The maximum Gasteiger partial charge on any atom is 0.132 e. The number of hydrogen-bond donors (Lipinski definition) is 0. The largest absolute Gasteiger partial charge is 0.300 e. The van der Waals surface area contributed by atoms with Crippen molar-refractivity contribution in [1.29, 1.82) is 0 Å². The zero-order valence-corrected chi connectivity index (χ0v) is 8.83. The van der Waals surface area contributed by atoms with Gasteiger partial charge >= 0.3 is 0 Å². The van der Waals surface area contributed by atoms with Crippen LogP contribution in [-0.2, 0) is 4.79 Å². The van der Waals surface area contributed by atoms with Crippen molar-refractivity contribution < 1.29 is 4.79 Å². The van der Waals surface area contributed by atoms with Crippen LogP contribution in [0.2, 0.25) is 0 Å². The molecular weight excluding hydrogens is 295 g/mol. The van der Waals surface area contributed by atoms with Gasteiger partial charge in [0, 0.05) is 40.1 Å². The monoisotopic (exact) mass is 306 g/mol. The summed E-state index contributed by atoms with van der Waals surface area (Å²) >= 11 is 0. The van der Waals surface area contributed by atoms with Crippen molar-refractivity contribution in [2.24, 2.45) is 0 Å². The van der Waals surface area contributed by atoms with Gasteiger partial charge in [0.25, 0.3) is 0 Å². The fourth-order valence-electron chi connectivity index (χ4n) is 0.946. The second-order valence-corrected chi connectivity index (χ2v) is 2.10. The SMILES string of the molecule is O=C1CCCCC1.[Pb]. The van der Waals surface area contributed by atoms with Crippen molar-refractivity contribution in [2.75, 3.05) is 0 Å². The van der Waals surface area contributed by atoms with E-state index in [0.717, 1.165) is 25.7 Å². The zero-order valence-electron chi connectivity index (χ0n) is 4.94. The third kappa shape index (κ3) is 2.79. The van der Waals surface area contributed by atoms with Gasteiger partial charge in [0.05, 0.1) is 0 Å². The summed E-state index contributed by atoms with van der Waals surface area (Å²) in [5, 5.41) is 0. The topological polar surface area (TPSA) is 17.1 Å². The Morgan fingerprint density at radius 1 is 1.00 bits per heavy atom. The van der Waals surface area contributed by atoms with Crippen LogP contribution in [0.4, 0.5) is 0 Å². The molecule has 0 amide bonds. The number of carbonyl (C=O) groups excluding carboxylic acids is 1. The molecule has 1 nitrogen and oxygen atoms in total. The van der Waals surface area contributed by atoms with Gasteiger partial charge in [-0.05, 0) is 12.8 Å². The Morgan fingerprint density at radius 3 is 1.75 bits per heavy atom. The van der Waals surface area contributed by atoms with Gasteiger partial charge in [-0.15, -0.1) is 0 Å². The van der Waals surface area contributed by atoms with Crippen molar-refractivity contribution in [1.82, 2.24) is 0 Å². The van der Waals surface area contributed by atoms with Gasteiger partial charge in [-0.25, -0.2) is 0 Å². The average molecular weight is 305 g/mol. The van der Waals surface area contributed by atoms with E-state index in [1.807, 2.05) is 0 Å². The van der Waals surface area contributed by atoms with Gasteiger partial charge in [-0.1, -0.05) is 6.42 Å². The summed E-state index contributed by atoms with van der Waals surface area (Å²) in [6.07, 6.45) is 5.24. The molecule has 1 fully saturated rings. The van der Waals surface area contributed by atoms with Crippen molar-refractivity contribution in [2.45, 2.75) is 32.1 Å². The van der Waals surface area contributed by atoms with Gasteiger partial charge < -0.3 is 0 Å². The Balaban J connectivity index is 0.000000490. The Hall–Kier alpha value is 0.592. The number of carbonyl (C=O) groups is 1. The fourth-order valence-corrected chi connectivity index (χ4v) is 0.946. The van der Waals surface area contributed by atoms with E-state index in [0.29, 0.717) is 5.78 Å². The van der Waals surface area contributed by atoms with E-state index < -0.39 is 0 Å². The molecule has 0 aromatic carbocycles. The molecule has 2 heteroatoms. The van der Waals surface area contributed by atoms with Gasteiger partial charge in [-0.3, -0.25) is 4.79 Å². The molecule has 1 aliphatic carbocycles. The quantitative estimate of drug-likeness (QED) is 0.614. The smallest absolute Gasteiger partial charge is 0.132 e. The van der Waals surface area contributed by atoms with Gasteiger partial charge in [0.1, 0.15) is 5.78 Å². The molecule has 1 rings (SSSR count). The number of hydrogen-bond acceptors (Lipinski definition) is 1. The second-order valence-electron chi connectivity index (χ2n) is 2.10. The van der Waals surface area contributed by atoms with Crippen LogP contribution in [0.3, 0.4) is 0 Å². The van der Waals surface area contributed by atoms with E-state index >= 15 is 0 Å². The molecule has 8 heavy (non-hydrogen) atoms. The predicted molar refractivity (Wildman–Crippen MR) is 33.8 cm³/mol. The van der Waals surface area contributed by atoms with Crippen LogP contribution in [0.25, 0.3) is 0 Å². The van der Waals surface area contributed by atoms with E-state index in [4.69, 9.17) is 0 Å². The molecule has 0 N–H and O–H groups in total. The third-order valence-electron chi connectivity index (χ3n) is 1.41. The summed E-state index contributed by atoms with van der Waals surface area (Å²) in [7, 11) is 0. The summed E-state index contributed by atoms with van der Waals surface area (Å²) in [5.74, 6) is 0.464. The molecule has 0 aliphatic heterocycles. The first kappa shape index (κ1) is 8.59. The Labute approximate surface area is 70.0 Å². The third-order valence-corrected chi connectivity index (χ3v) is 1.41. The van der Waals surface area contributed by atoms with Crippen molar-refractivity contribution in [3.8, 4) is 0 Å². The molecule has 0 aromatic rings. The Kier molecular flexibility index (Phi) is 4.80. The van der Waals surface area contributed by atoms with Crippen molar-refractivity contribution >= 4 is 33.1 Å². The summed E-state index contributed by atoms with van der Waals surface area (Å²) < 4.78 is 0. The van der Waals surface area contributed by atoms with Gasteiger partial charge in [0.2, 0.25) is 0 Å². The molecule has 1 aliphatic rings. The minimum atomic E-state index is 0. The number of ketones is 1. The molecule has 0 unspecified atom stereocenters. The molecule has 0 spiro atoms. The summed E-state index contributed by atoms with van der Waals surface area (Å²) in [5.41, 5.74) is 0. The molecular formula is C6H10OPb. The van der Waals surface area contributed by atoms with E-state index in [1.54, 1.807) is 0 Å². The molecule has 0 atom stereocenters. The summed E-state index contributed by atoms with van der Waals surface area (Å²) in [6.45, 7) is 0. The van der Waals surface area contributed by atoms with E-state index in [2.05, 4.69) is 0 Å². The molecule has 4 radical (unpaired) electrons. The van der Waals surface area contributed by atoms with Crippen LogP contribution in [0.15, 0.2) is 0 Å². The number of rotatable bonds is 0. The normalized spacial score (nSPS) is 19.8. The van der Waals surface area contributed by atoms with Crippen LogP contribution in [0, 0.1) is 0 Å². The zero-order chi connectivity index (χ0) is 5.11. The first-order valence-corrected chi connectivity index (χ1v) is 2.91. The molecule has 1 saturated carbocycles. The van der Waals surface area contributed by atoms with Crippen molar-refractivity contribution in [3.05, 3.63) is 0 Å². The number of Topliss-reactive ketones (excluding diaryl/α,β-unsaturated/α-hetero) is 1. The fraction of sp³-hybridized carbons (Fsp3) is 0.833. The second kappa shape index (κ2) is 4.47. The Morgan fingerprint density at radius 2 is 1.50 bits per heavy atom. The van der Waals surface area contributed by atoms with Crippen LogP contribution in [-0.4, -0.2) is 33.1 Å². The summed E-state index contributed by atoms with van der Waals surface area (Å²) in [4.78, 5) is 10.5. The maximum atomic E-state index is 10.5. The van der Waals surface area contributed by atoms with Gasteiger partial charge in [-0.2, -0.15) is 0 Å². The molecule has 0 bridgehead atoms. The van der Waals surface area contributed by atoms with Crippen molar-refractivity contribution in [3.63, 3.8) is 0 Å². The standard InChI is InChI=1S/C6H10O.Pb/c7-6-4-2-1-3-5-6;/h1-5H2;. The van der Waals surface area contributed by atoms with E-state index in [1.165, 1.54) is 6.42 Å². The minimum absolute atomic E-state index is 0.